The van der Waals surface area contributed by atoms with Gasteiger partial charge in [0.15, 0.2) is 5.96 Å². The number of rotatable bonds is 7. The number of aliphatic imine (C=N–C) groups is 1. The van der Waals surface area contributed by atoms with Gasteiger partial charge in [0.2, 0.25) is 0 Å². The number of nitrogens with zero attached hydrogens (tertiary/aromatic N) is 1. The van der Waals surface area contributed by atoms with E-state index in [9.17, 15) is 5.11 Å². The molecule has 3 rings (SSSR count). The van der Waals surface area contributed by atoms with Crippen molar-refractivity contribution in [2.45, 2.75) is 52.0 Å². The molecular weight excluding hydrogens is 451 g/mol. The second-order valence-corrected chi connectivity index (χ2v) is 7.46. The van der Waals surface area contributed by atoms with Crippen molar-refractivity contribution in [1.82, 2.24) is 15.6 Å². The van der Waals surface area contributed by atoms with E-state index in [1.807, 2.05) is 6.07 Å². The molecule has 0 saturated heterocycles. The lowest BCUT2D eigenvalue weighted by molar-refractivity contribution is 0.131. The summed E-state index contributed by atoms with van der Waals surface area (Å²) in [6, 6.07) is 10.5. The fourth-order valence-corrected chi connectivity index (χ4v) is 4.05. The molecular formula is C21H33IN4O. The number of para-hydroxylation sites is 1. The predicted octanol–water partition coefficient (Wildman–Crippen LogP) is 4.17. The quantitative estimate of drug-likeness (QED) is 0.271. The number of fused-ring (bicyclic) bond motifs is 1. The molecule has 4 N–H and O–H groups in total. The Kier molecular flexibility index (Phi) is 8.89. The normalized spacial score (nSPS) is 16.7. The number of benzene rings is 1. The monoisotopic (exact) mass is 484 g/mol. The van der Waals surface area contributed by atoms with E-state index in [1.165, 1.54) is 37.5 Å². The van der Waals surface area contributed by atoms with Crippen LogP contribution in [0.15, 0.2) is 35.3 Å². The lowest BCUT2D eigenvalue weighted by Gasteiger charge is -2.37. The first kappa shape index (κ1) is 22.0. The molecule has 1 aliphatic carbocycles. The third-order valence-corrected chi connectivity index (χ3v) is 5.52. The summed E-state index contributed by atoms with van der Waals surface area (Å²) in [4.78, 5) is 8.19. The molecule has 27 heavy (non-hydrogen) atoms. The number of hydrogen-bond donors (Lipinski definition) is 4. The molecule has 1 saturated carbocycles. The Labute approximate surface area is 179 Å². The maximum absolute atomic E-state index is 9.50. The van der Waals surface area contributed by atoms with E-state index in [4.69, 9.17) is 4.99 Å². The smallest absolute Gasteiger partial charge is 0.191 e. The average molecular weight is 484 g/mol. The number of nitrogens with one attached hydrogen (secondary N) is 3. The number of H-pyrrole nitrogens is 1. The van der Waals surface area contributed by atoms with Gasteiger partial charge in [-0.15, -0.1) is 24.0 Å². The van der Waals surface area contributed by atoms with Gasteiger partial charge in [0.1, 0.15) is 0 Å². The zero-order valence-corrected chi connectivity index (χ0v) is 18.6. The highest BCUT2D eigenvalue weighted by Crippen LogP contribution is 2.38. The van der Waals surface area contributed by atoms with Crippen molar-refractivity contribution in [3.63, 3.8) is 0 Å². The van der Waals surface area contributed by atoms with Crippen molar-refractivity contribution in [3.8, 4) is 0 Å². The fourth-order valence-electron chi connectivity index (χ4n) is 4.05. The van der Waals surface area contributed by atoms with Crippen LogP contribution < -0.4 is 10.6 Å². The fraction of sp³-hybridized carbons (Fsp3) is 0.571. The SMILES string of the molecule is CCNC(=NCc1cc2ccccc2[nH]1)NCC1(CCO)CCCCC1.I. The van der Waals surface area contributed by atoms with Crippen molar-refractivity contribution < 1.29 is 5.11 Å². The van der Waals surface area contributed by atoms with Gasteiger partial charge >= 0.3 is 0 Å². The van der Waals surface area contributed by atoms with Crippen LogP contribution in [0, 0.1) is 5.41 Å². The number of aromatic amines is 1. The van der Waals surface area contributed by atoms with Gasteiger partial charge in [0, 0.05) is 30.9 Å². The molecule has 6 heteroatoms. The summed E-state index contributed by atoms with van der Waals surface area (Å²) in [6.45, 7) is 4.70. The molecule has 1 aromatic heterocycles. The van der Waals surface area contributed by atoms with E-state index in [1.54, 1.807) is 0 Å². The Balaban J connectivity index is 0.00000261. The van der Waals surface area contributed by atoms with Crippen molar-refractivity contribution >= 4 is 40.8 Å². The summed E-state index contributed by atoms with van der Waals surface area (Å²) >= 11 is 0. The zero-order valence-electron chi connectivity index (χ0n) is 16.3. The lowest BCUT2D eigenvalue weighted by Crippen LogP contribution is -2.44. The number of aliphatic hydroxyl groups excluding tert-OH is 1. The molecule has 0 unspecified atom stereocenters. The van der Waals surface area contributed by atoms with Crippen molar-refractivity contribution in [3.05, 3.63) is 36.0 Å². The summed E-state index contributed by atoms with van der Waals surface area (Å²) in [5.41, 5.74) is 2.48. The standard InChI is InChI=1S/C21H32N4O.HI/c1-2-22-20(24-16-21(12-13-26)10-6-3-7-11-21)23-15-18-14-17-8-4-5-9-19(17)25-18;/h4-5,8-9,14,25-26H,2-3,6-7,10-13,15-16H2,1H3,(H2,22,23,24);1H. The van der Waals surface area contributed by atoms with E-state index in [0.29, 0.717) is 6.54 Å². The van der Waals surface area contributed by atoms with E-state index in [-0.39, 0.29) is 36.0 Å². The van der Waals surface area contributed by atoms with Gasteiger partial charge in [-0.25, -0.2) is 4.99 Å². The molecule has 0 aliphatic heterocycles. The van der Waals surface area contributed by atoms with Gasteiger partial charge in [-0.2, -0.15) is 0 Å². The minimum Gasteiger partial charge on any atom is -0.396 e. The highest BCUT2D eigenvalue weighted by atomic mass is 127. The highest BCUT2D eigenvalue weighted by molar-refractivity contribution is 14.0. The maximum atomic E-state index is 9.50. The summed E-state index contributed by atoms with van der Waals surface area (Å²) in [5, 5.41) is 17.6. The van der Waals surface area contributed by atoms with Crippen LogP contribution in [0.25, 0.3) is 10.9 Å². The molecule has 150 valence electrons. The second kappa shape index (κ2) is 10.9. The van der Waals surface area contributed by atoms with Gasteiger partial charge in [-0.3, -0.25) is 0 Å². The van der Waals surface area contributed by atoms with Crippen LogP contribution in [0.2, 0.25) is 0 Å². The van der Waals surface area contributed by atoms with Crippen molar-refractivity contribution in [2.75, 3.05) is 19.7 Å². The van der Waals surface area contributed by atoms with Crippen LogP contribution in [0.1, 0.15) is 51.1 Å². The average Bonchev–Trinajstić information content (AvgIpc) is 3.08. The molecule has 1 fully saturated rings. The third-order valence-electron chi connectivity index (χ3n) is 5.52. The first-order chi connectivity index (χ1) is 12.7. The van der Waals surface area contributed by atoms with Gasteiger partial charge < -0.3 is 20.7 Å². The summed E-state index contributed by atoms with van der Waals surface area (Å²) < 4.78 is 0. The van der Waals surface area contributed by atoms with Crippen molar-refractivity contribution in [2.24, 2.45) is 10.4 Å². The maximum Gasteiger partial charge on any atom is 0.191 e. The van der Waals surface area contributed by atoms with Crippen molar-refractivity contribution in [1.29, 1.82) is 0 Å². The van der Waals surface area contributed by atoms with Crippen LogP contribution in [0.4, 0.5) is 0 Å². The molecule has 1 aliphatic rings. The molecule has 5 nitrogen and oxygen atoms in total. The van der Waals surface area contributed by atoms with Crippen LogP contribution in [-0.2, 0) is 6.54 Å². The summed E-state index contributed by atoms with van der Waals surface area (Å²) in [7, 11) is 0. The lowest BCUT2D eigenvalue weighted by atomic mass is 9.72. The number of hydrogen-bond acceptors (Lipinski definition) is 2. The van der Waals surface area contributed by atoms with Crippen LogP contribution >= 0.6 is 24.0 Å². The molecule has 0 amide bonds. The van der Waals surface area contributed by atoms with Crippen LogP contribution in [0.5, 0.6) is 0 Å². The molecule has 0 bridgehead atoms. The van der Waals surface area contributed by atoms with Gasteiger partial charge in [-0.1, -0.05) is 37.5 Å². The zero-order chi connectivity index (χ0) is 18.2. The first-order valence-electron chi connectivity index (χ1n) is 9.94. The Bertz CT molecular complexity index is 683. The predicted molar refractivity (Wildman–Crippen MR) is 124 cm³/mol. The topological polar surface area (TPSA) is 72.4 Å². The Morgan fingerprint density at radius 1 is 1.19 bits per heavy atom. The molecule has 1 heterocycles. The molecule has 2 aromatic rings. The number of guanidine groups is 1. The van der Waals surface area contributed by atoms with E-state index < -0.39 is 0 Å². The Hall–Kier alpha value is -1.28. The van der Waals surface area contributed by atoms with Crippen LogP contribution in [-0.4, -0.2) is 35.7 Å². The third kappa shape index (κ3) is 6.10. The molecule has 0 spiro atoms. The Morgan fingerprint density at radius 2 is 1.96 bits per heavy atom. The van der Waals surface area contributed by atoms with Crippen LogP contribution in [0.3, 0.4) is 0 Å². The van der Waals surface area contributed by atoms with Gasteiger partial charge in [-0.05, 0) is 49.1 Å². The molecule has 1 aromatic carbocycles. The summed E-state index contributed by atoms with van der Waals surface area (Å²) in [5.74, 6) is 0.856. The van der Waals surface area contributed by atoms with Gasteiger partial charge in [0.05, 0.1) is 6.54 Å². The van der Waals surface area contributed by atoms with E-state index >= 15 is 0 Å². The minimum atomic E-state index is 0. The largest absolute Gasteiger partial charge is 0.396 e. The molecule has 0 radical (unpaired) electrons. The second-order valence-electron chi connectivity index (χ2n) is 7.46. The highest BCUT2D eigenvalue weighted by Gasteiger charge is 2.31. The van der Waals surface area contributed by atoms with E-state index in [2.05, 4.69) is 46.8 Å². The van der Waals surface area contributed by atoms with E-state index in [0.717, 1.165) is 36.7 Å². The number of aliphatic hydroxyl groups is 1. The Morgan fingerprint density at radius 3 is 2.67 bits per heavy atom. The summed E-state index contributed by atoms with van der Waals surface area (Å²) in [6.07, 6.45) is 7.13. The minimum absolute atomic E-state index is 0. The van der Waals surface area contributed by atoms with Gasteiger partial charge in [0.25, 0.3) is 0 Å². The molecule has 0 atom stereocenters. The number of halogens is 1. The first-order valence-corrected chi connectivity index (χ1v) is 9.94. The number of aromatic nitrogens is 1.